The van der Waals surface area contributed by atoms with Gasteiger partial charge in [0.25, 0.3) is 0 Å². The third-order valence-electron chi connectivity index (χ3n) is 4.62. The molecule has 7 nitrogen and oxygen atoms in total. The van der Waals surface area contributed by atoms with Crippen molar-refractivity contribution >= 4 is 45.7 Å². The number of carbonyl (C=O) groups excluding carboxylic acids is 1. The quantitative estimate of drug-likeness (QED) is 0.634. The van der Waals surface area contributed by atoms with Gasteiger partial charge in [0.05, 0.1) is 19.3 Å². The Bertz CT molecular complexity index is 1010. The van der Waals surface area contributed by atoms with Crippen LogP contribution in [0.15, 0.2) is 30.7 Å². The van der Waals surface area contributed by atoms with Crippen LogP contribution in [0.5, 0.6) is 0 Å². The van der Waals surface area contributed by atoms with Crippen molar-refractivity contribution in [3.8, 4) is 0 Å². The first-order chi connectivity index (χ1) is 13.0. The second kappa shape index (κ2) is 7.42. The van der Waals surface area contributed by atoms with E-state index in [-0.39, 0.29) is 22.9 Å². The zero-order chi connectivity index (χ0) is 19.0. The molecule has 140 valence electrons. The number of anilines is 1. The maximum atomic E-state index is 12.5. The lowest BCUT2D eigenvalue weighted by Gasteiger charge is -2.06. The number of amides is 1. The third kappa shape index (κ3) is 3.90. The molecule has 3 heterocycles. The van der Waals surface area contributed by atoms with E-state index in [9.17, 15) is 4.79 Å². The van der Waals surface area contributed by atoms with Gasteiger partial charge in [-0.1, -0.05) is 23.2 Å². The van der Waals surface area contributed by atoms with Crippen molar-refractivity contribution in [3.63, 3.8) is 0 Å². The number of hydrogen-bond donors (Lipinski definition) is 1. The van der Waals surface area contributed by atoms with E-state index in [4.69, 9.17) is 27.9 Å². The van der Waals surface area contributed by atoms with Crippen LogP contribution in [-0.4, -0.2) is 39.4 Å². The van der Waals surface area contributed by atoms with Crippen LogP contribution in [0.4, 0.5) is 5.82 Å². The van der Waals surface area contributed by atoms with E-state index in [1.165, 1.54) is 0 Å². The molecule has 0 saturated heterocycles. The fourth-order valence-corrected chi connectivity index (χ4v) is 3.59. The molecule has 0 aliphatic heterocycles. The number of halogens is 2. The van der Waals surface area contributed by atoms with Crippen LogP contribution in [-0.2, 0) is 16.1 Å². The maximum Gasteiger partial charge on any atom is 0.229 e. The summed E-state index contributed by atoms with van der Waals surface area (Å²) in [7, 11) is 1.66. The lowest BCUT2D eigenvalue weighted by Crippen LogP contribution is -2.15. The van der Waals surface area contributed by atoms with Gasteiger partial charge in [0.1, 0.15) is 16.1 Å². The molecule has 9 heteroatoms. The molecule has 2 atom stereocenters. The van der Waals surface area contributed by atoms with Crippen molar-refractivity contribution in [2.45, 2.75) is 18.9 Å². The second-order valence-electron chi connectivity index (χ2n) is 6.49. The Hall–Kier alpha value is -2.22. The molecule has 0 bridgehead atoms. The number of aromatic nitrogens is 4. The Kier molecular flexibility index (Phi) is 4.99. The molecular formula is C18H17Cl2N5O2. The fourth-order valence-electron chi connectivity index (χ4n) is 3.10. The van der Waals surface area contributed by atoms with Gasteiger partial charge in [-0.25, -0.2) is 9.97 Å². The highest BCUT2D eigenvalue weighted by Gasteiger charge is 2.44. The average Bonchev–Trinajstić information content (AvgIpc) is 3.30. The van der Waals surface area contributed by atoms with Crippen molar-refractivity contribution in [2.24, 2.45) is 5.92 Å². The average molecular weight is 406 g/mol. The summed E-state index contributed by atoms with van der Waals surface area (Å²) in [5.74, 6) is 0.525. The van der Waals surface area contributed by atoms with Crippen molar-refractivity contribution in [1.29, 1.82) is 0 Å². The molecule has 27 heavy (non-hydrogen) atoms. The highest BCUT2D eigenvalue weighted by Crippen LogP contribution is 2.47. The molecule has 0 spiro atoms. The summed E-state index contributed by atoms with van der Waals surface area (Å²) in [6, 6.07) is 3.43. The highest BCUT2D eigenvalue weighted by atomic mass is 35.5. The molecule has 4 rings (SSSR count). The van der Waals surface area contributed by atoms with Crippen LogP contribution in [0.3, 0.4) is 0 Å². The standard InChI is InChI=1S/C18H17Cl2N5O2/c1-27-3-2-25-9-11(7-22-25)12-6-13(12)18(26)24-16-5-10-4-15(19)23-17(20)14(10)8-21-16/h4-5,7-9,12-13H,2-3,6H2,1H3,(H,21,24,26)/t12-,13+/m1/s1. The Morgan fingerprint density at radius 3 is 3.04 bits per heavy atom. The Morgan fingerprint density at radius 2 is 2.22 bits per heavy atom. The summed E-state index contributed by atoms with van der Waals surface area (Å²) in [5.41, 5.74) is 1.07. The summed E-state index contributed by atoms with van der Waals surface area (Å²) >= 11 is 12.0. The first-order valence-corrected chi connectivity index (χ1v) is 9.24. The van der Waals surface area contributed by atoms with Crippen LogP contribution < -0.4 is 5.32 Å². The lowest BCUT2D eigenvalue weighted by molar-refractivity contribution is -0.117. The number of methoxy groups -OCH3 is 1. The van der Waals surface area contributed by atoms with E-state index in [1.807, 2.05) is 17.1 Å². The number of ether oxygens (including phenoxy) is 1. The van der Waals surface area contributed by atoms with Gasteiger partial charge in [0, 0.05) is 30.8 Å². The number of fused-ring (bicyclic) bond motifs is 1. The van der Waals surface area contributed by atoms with Gasteiger partial charge in [-0.2, -0.15) is 5.10 Å². The Labute approximate surface area is 165 Å². The van der Waals surface area contributed by atoms with E-state index in [2.05, 4.69) is 20.4 Å². The molecule has 1 aliphatic carbocycles. The number of rotatable bonds is 6. The zero-order valence-corrected chi connectivity index (χ0v) is 16.0. The minimum atomic E-state index is -0.0767. The van der Waals surface area contributed by atoms with Gasteiger partial charge in [0.2, 0.25) is 5.91 Å². The fraction of sp³-hybridized carbons (Fsp3) is 0.333. The van der Waals surface area contributed by atoms with Crippen LogP contribution in [0.25, 0.3) is 10.8 Å². The number of carbonyl (C=O) groups is 1. The van der Waals surface area contributed by atoms with Crippen molar-refractivity contribution in [3.05, 3.63) is 46.6 Å². The van der Waals surface area contributed by atoms with E-state index < -0.39 is 0 Å². The van der Waals surface area contributed by atoms with Crippen LogP contribution in [0.1, 0.15) is 17.9 Å². The molecule has 1 saturated carbocycles. The molecule has 1 amide bonds. The molecule has 1 fully saturated rings. The van der Waals surface area contributed by atoms with Gasteiger partial charge in [-0.15, -0.1) is 0 Å². The van der Waals surface area contributed by atoms with Gasteiger partial charge >= 0.3 is 0 Å². The molecule has 1 aliphatic rings. The van der Waals surface area contributed by atoms with E-state index in [1.54, 1.807) is 25.4 Å². The summed E-state index contributed by atoms with van der Waals surface area (Å²) in [6.07, 6.45) is 6.18. The minimum absolute atomic E-state index is 0.0530. The second-order valence-corrected chi connectivity index (χ2v) is 7.24. The minimum Gasteiger partial charge on any atom is -0.383 e. The molecule has 0 radical (unpaired) electrons. The number of nitrogens with one attached hydrogen (secondary N) is 1. The summed E-state index contributed by atoms with van der Waals surface area (Å²) in [6.45, 7) is 1.30. The molecule has 3 aromatic heterocycles. The van der Waals surface area contributed by atoms with Crippen molar-refractivity contribution in [1.82, 2.24) is 19.7 Å². The van der Waals surface area contributed by atoms with Crippen molar-refractivity contribution < 1.29 is 9.53 Å². The van der Waals surface area contributed by atoms with Crippen LogP contribution in [0.2, 0.25) is 10.3 Å². The monoisotopic (exact) mass is 405 g/mol. The Balaban J connectivity index is 1.43. The van der Waals surface area contributed by atoms with Gasteiger partial charge in [-0.05, 0) is 35.4 Å². The van der Waals surface area contributed by atoms with Gasteiger partial charge in [0.15, 0.2) is 0 Å². The predicted molar refractivity (Wildman–Crippen MR) is 103 cm³/mol. The molecular weight excluding hydrogens is 389 g/mol. The van der Waals surface area contributed by atoms with Crippen LogP contribution >= 0.6 is 23.2 Å². The smallest absolute Gasteiger partial charge is 0.229 e. The highest BCUT2D eigenvalue weighted by molar-refractivity contribution is 6.36. The summed E-state index contributed by atoms with van der Waals surface area (Å²) in [4.78, 5) is 20.8. The van der Waals surface area contributed by atoms with E-state index >= 15 is 0 Å². The number of pyridine rings is 2. The lowest BCUT2D eigenvalue weighted by atomic mass is 10.2. The molecule has 0 unspecified atom stereocenters. The summed E-state index contributed by atoms with van der Waals surface area (Å²) < 4.78 is 6.88. The third-order valence-corrected chi connectivity index (χ3v) is 5.10. The molecule has 0 aromatic carbocycles. The number of nitrogens with zero attached hydrogens (tertiary/aromatic N) is 4. The van der Waals surface area contributed by atoms with Crippen molar-refractivity contribution in [2.75, 3.05) is 19.0 Å². The normalized spacial score (nSPS) is 18.6. The maximum absolute atomic E-state index is 12.5. The predicted octanol–water partition coefficient (Wildman–Crippen LogP) is 3.52. The zero-order valence-electron chi connectivity index (χ0n) is 14.5. The largest absolute Gasteiger partial charge is 0.383 e. The SMILES string of the molecule is COCCn1cc([C@H]2C[C@@H]2C(=O)Nc2cc3cc(Cl)nc(Cl)c3cn2)cn1. The summed E-state index contributed by atoms with van der Waals surface area (Å²) in [5, 5.41) is 9.22. The van der Waals surface area contributed by atoms with E-state index in [0.717, 1.165) is 17.4 Å². The molecule has 1 N–H and O–H groups in total. The molecule has 3 aromatic rings. The van der Waals surface area contributed by atoms with Crippen LogP contribution in [0, 0.1) is 5.92 Å². The Morgan fingerprint density at radius 1 is 1.37 bits per heavy atom. The van der Waals surface area contributed by atoms with Gasteiger partial charge < -0.3 is 10.1 Å². The number of hydrogen-bond acceptors (Lipinski definition) is 5. The first kappa shape index (κ1) is 18.2. The van der Waals surface area contributed by atoms with Gasteiger partial charge in [-0.3, -0.25) is 9.48 Å². The first-order valence-electron chi connectivity index (χ1n) is 8.49. The topological polar surface area (TPSA) is 81.9 Å². The van der Waals surface area contributed by atoms with E-state index in [0.29, 0.717) is 29.5 Å².